The summed E-state index contributed by atoms with van der Waals surface area (Å²) in [4.78, 5) is 26.7. The van der Waals surface area contributed by atoms with Crippen molar-refractivity contribution in [1.29, 1.82) is 0 Å². The maximum absolute atomic E-state index is 12.7. The molecule has 0 bridgehead atoms. The molecule has 0 unspecified atom stereocenters. The highest BCUT2D eigenvalue weighted by Crippen LogP contribution is 2.33. The van der Waals surface area contributed by atoms with Crippen LogP contribution < -0.4 is 0 Å². The van der Waals surface area contributed by atoms with Gasteiger partial charge in [0.05, 0.1) is 11.4 Å². The third kappa shape index (κ3) is 3.92. The lowest BCUT2D eigenvalue weighted by Gasteiger charge is -2.12. The number of carbonyl (C=O) groups excluding carboxylic acids is 2. The molecule has 1 heterocycles. The maximum Gasteiger partial charge on any atom is 0.293 e. The Balaban J connectivity index is 1.51. The summed E-state index contributed by atoms with van der Waals surface area (Å²) in [6.07, 6.45) is 1.79. The Morgan fingerprint density at radius 1 is 0.821 bits per heavy atom. The van der Waals surface area contributed by atoms with Crippen LogP contribution in [0.2, 0.25) is 0 Å². The number of rotatable bonds is 4. The zero-order valence-electron chi connectivity index (χ0n) is 15.5. The highest BCUT2D eigenvalue weighted by Gasteiger charge is 2.34. The highest BCUT2D eigenvalue weighted by atomic mass is 32.2. The summed E-state index contributed by atoms with van der Waals surface area (Å²) in [6.45, 7) is 2.37. The molecule has 2 amide bonds. The van der Waals surface area contributed by atoms with E-state index in [-0.39, 0.29) is 11.1 Å². The van der Waals surface area contributed by atoms with Crippen molar-refractivity contribution in [2.75, 3.05) is 0 Å². The van der Waals surface area contributed by atoms with Crippen LogP contribution in [0.3, 0.4) is 0 Å². The predicted molar refractivity (Wildman–Crippen MR) is 115 cm³/mol. The van der Waals surface area contributed by atoms with E-state index in [0.717, 1.165) is 34.0 Å². The summed E-state index contributed by atoms with van der Waals surface area (Å²) < 4.78 is 0. The van der Waals surface area contributed by atoms with Crippen molar-refractivity contribution in [2.45, 2.75) is 13.5 Å². The number of benzene rings is 3. The number of hydrogen-bond donors (Lipinski definition) is 0. The Morgan fingerprint density at radius 2 is 1.43 bits per heavy atom. The molecule has 4 heteroatoms. The lowest BCUT2D eigenvalue weighted by molar-refractivity contribution is -0.123. The summed E-state index contributed by atoms with van der Waals surface area (Å²) >= 11 is 0.997. The molecule has 0 aliphatic carbocycles. The highest BCUT2D eigenvalue weighted by molar-refractivity contribution is 8.18. The molecule has 1 fully saturated rings. The third-order valence-electron chi connectivity index (χ3n) is 4.65. The quantitative estimate of drug-likeness (QED) is 0.525. The molecular weight excluding hydrogens is 366 g/mol. The van der Waals surface area contributed by atoms with E-state index in [9.17, 15) is 9.59 Å². The summed E-state index contributed by atoms with van der Waals surface area (Å²) in [5.74, 6) is -0.235. The zero-order valence-corrected chi connectivity index (χ0v) is 16.3. The number of hydrogen-bond acceptors (Lipinski definition) is 3. The molecule has 28 heavy (non-hydrogen) atoms. The largest absolute Gasteiger partial charge is 0.293 e. The van der Waals surface area contributed by atoms with Gasteiger partial charge >= 0.3 is 0 Å². The number of aryl methyl sites for hydroxylation is 1. The molecule has 0 atom stereocenters. The van der Waals surface area contributed by atoms with Gasteiger partial charge in [0.15, 0.2) is 0 Å². The number of nitrogens with zero attached hydrogens (tertiary/aromatic N) is 1. The minimum atomic E-state index is -0.235. The van der Waals surface area contributed by atoms with Crippen LogP contribution in [0.1, 0.15) is 16.7 Å². The van der Waals surface area contributed by atoms with Gasteiger partial charge in [-0.05, 0) is 47.0 Å². The minimum absolute atomic E-state index is 0.226. The van der Waals surface area contributed by atoms with E-state index < -0.39 is 0 Å². The van der Waals surface area contributed by atoms with Gasteiger partial charge in [0.2, 0.25) is 0 Å². The first-order valence-corrected chi connectivity index (χ1v) is 9.88. The fourth-order valence-corrected chi connectivity index (χ4v) is 3.91. The van der Waals surface area contributed by atoms with Gasteiger partial charge in [0.25, 0.3) is 11.1 Å². The molecule has 3 aromatic rings. The summed E-state index contributed by atoms with van der Waals surface area (Å²) in [5.41, 5.74) is 5.34. The monoisotopic (exact) mass is 385 g/mol. The van der Waals surface area contributed by atoms with Gasteiger partial charge in [-0.25, -0.2) is 0 Å². The SMILES string of the molecule is Cc1ccc(-c2ccc(C=C3SC(=O)N(Cc4ccccc4)C3=O)cc2)cc1. The lowest BCUT2D eigenvalue weighted by atomic mass is 10.0. The second-order valence-electron chi connectivity index (χ2n) is 6.74. The molecule has 0 aromatic heterocycles. The standard InChI is InChI=1S/C24H19NO2S/c1-17-7-11-20(12-8-17)21-13-9-18(10-14-21)15-22-23(26)25(24(27)28-22)16-19-5-3-2-4-6-19/h2-15H,16H2,1H3. The minimum Gasteiger partial charge on any atom is -0.268 e. The molecule has 1 aliphatic rings. The average molecular weight is 385 g/mol. The molecular formula is C24H19NO2S. The average Bonchev–Trinajstić information content (AvgIpc) is 2.97. The number of carbonyl (C=O) groups is 2. The molecule has 0 saturated carbocycles. The van der Waals surface area contributed by atoms with Crippen molar-refractivity contribution >= 4 is 29.0 Å². The zero-order chi connectivity index (χ0) is 19.5. The number of imide groups is 1. The Labute approximate surface area is 168 Å². The van der Waals surface area contributed by atoms with Gasteiger partial charge in [-0.1, -0.05) is 84.4 Å². The van der Waals surface area contributed by atoms with Crippen molar-refractivity contribution in [3.63, 3.8) is 0 Å². The Bertz CT molecular complexity index is 1040. The third-order valence-corrected chi connectivity index (χ3v) is 5.56. The van der Waals surface area contributed by atoms with E-state index in [1.54, 1.807) is 6.08 Å². The summed E-state index contributed by atoms with van der Waals surface area (Å²) in [7, 11) is 0. The second-order valence-corrected chi connectivity index (χ2v) is 7.73. The smallest absolute Gasteiger partial charge is 0.268 e. The maximum atomic E-state index is 12.7. The first-order valence-electron chi connectivity index (χ1n) is 9.06. The topological polar surface area (TPSA) is 37.4 Å². The van der Waals surface area contributed by atoms with Crippen molar-refractivity contribution in [2.24, 2.45) is 0 Å². The van der Waals surface area contributed by atoms with Crippen LogP contribution in [0.5, 0.6) is 0 Å². The van der Waals surface area contributed by atoms with Crippen molar-refractivity contribution < 1.29 is 9.59 Å². The van der Waals surface area contributed by atoms with Gasteiger partial charge in [0.1, 0.15) is 0 Å². The van der Waals surface area contributed by atoms with Crippen LogP contribution in [0, 0.1) is 6.92 Å². The van der Waals surface area contributed by atoms with Crippen LogP contribution >= 0.6 is 11.8 Å². The first kappa shape index (κ1) is 18.3. The summed E-state index contributed by atoms with van der Waals surface area (Å²) in [6, 6.07) is 25.9. The molecule has 1 aliphatic heterocycles. The van der Waals surface area contributed by atoms with Crippen molar-refractivity contribution in [3.05, 3.63) is 100 Å². The van der Waals surface area contributed by atoms with Crippen molar-refractivity contribution in [1.82, 2.24) is 4.90 Å². The van der Waals surface area contributed by atoms with E-state index in [4.69, 9.17) is 0 Å². The number of amides is 2. The Kier molecular flexibility index (Phi) is 5.13. The molecule has 4 rings (SSSR count). The molecule has 3 aromatic carbocycles. The van der Waals surface area contributed by atoms with E-state index in [1.807, 2.05) is 54.6 Å². The van der Waals surface area contributed by atoms with Crippen LogP contribution in [0.25, 0.3) is 17.2 Å². The lowest BCUT2D eigenvalue weighted by Crippen LogP contribution is -2.27. The fraction of sp³-hybridized carbons (Fsp3) is 0.0833. The molecule has 138 valence electrons. The molecule has 0 N–H and O–H groups in total. The molecule has 0 spiro atoms. The number of thioether (sulfide) groups is 1. The molecule has 1 saturated heterocycles. The normalized spacial score (nSPS) is 15.5. The van der Waals surface area contributed by atoms with Gasteiger partial charge in [0, 0.05) is 0 Å². The molecule has 0 radical (unpaired) electrons. The van der Waals surface area contributed by atoms with Gasteiger partial charge < -0.3 is 0 Å². The van der Waals surface area contributed by atoms with Crippen LogP contribution in [-0.4, -0.2) is 16.0 Å². The van der Waals surface area contributed by atoms with E-state index in [0.29, 0.717) is 11.4 Å². The Hall–Kier alpha value is -3.11. The van der Waals surface area contributed by atoms with E-state index >= 15 is 0 Å². The van der Waals surface area contributed by atoms with Crippen molar-refractivity contribution in [3.8, 4) is 11.1 Å². The summed E-state index contributed by atoms with van der Waals surface area (Å²) in [5, 5.41) is -0.226. The predicted octanol–water partition coefficient (Wildman–Crippen LogP) is 5.90. The van der Waals surface area contributed by atoms with E-state index in [2.05, 4.69) is 31.2 Å². The van der Waals surface area contributed by atoms with Gasteiger partial charge in [-0.15, -0.1) is 0 Å². The van der Waals surface area contributed by atoms with Crippen LogP contribution in [-0.2, 0) is 11.3 Å². The van der Waals surface area contributed by atoms with Gasteiger partial charge in [-0.2, -0.15) is 0 Å². The second kappa shape index (κ2) is 7.87. The first-order chi connectivity index (χ1) is 13.6. The Morgan fingerprint density at radius 3 is 2.07 bits per heavy atom. The molecule has 3 nitrogen and oxygen atoms in total. The van der Waals surface area contributed by atoms with E-state index in [1.165, 1.54) is 10.5 Å². The fourth-order valence-electron chi connectivity index (χ4n) is 3.07. The van der Waals surface area contributed by atoms with Crippen LogP contribution in [0.15, 0.2) is 83.8 Å². The van der Waals surface area contributed by atoms with Crippen LogP contribution in [0.4, 0.5) is 4.79 Å². The van der Waals surface area contributed by atoms with Gasteiger partial charge in [-0.3, -0.25) is 14.5 Å².